The lowest BCUT2D eigenvalue weighted by atomic mass is 9.84. The van der Waals surface area contributed by atoms with Gasteiger partial charge in [0, 0.05) is 12.7 Å². The van der Waals surface area contributed by atoms with Gasteiger partial charge in [-0.05, 0) is 29.8 Å². The number of ether oxygens (including phenoxy) is 2. The van der Waals surface area contributed by atoms with Gasteiger partial charge in [0.15, 0.2) is 17.0 Å². The maximum atomic E-state index is 12.7. The van der Waals surface area contributed by atoms with Gasteiger partial charge in [-0.2, -0.15) is 0 Å². The van der Waals surface area contributed by atoms with E-state index in [0.717, 1.165) is 0 Å². The highest BCUT2D eigenvalue weighted by molar-refractivity contribution is 6.47. The molecule has 5 N–H and O–H groups in total. The van der Waals surface area contributed by atoms with E-state index in [0.29, 0.717) is 17.0 Å². The standard InChI is InChI=1S/C21H22ClN5O5/c1-24-19(29)17-21(20(23)30,26-10-25-17)11-4-6-12(7-5-11)27-18(28)13-8-9-14(31-2)16(32-3)15(13)22/h4-9,26H,10H2,1-3H3,(H2,23,30)(H,24,29)(H,27,28). The molecule has 32 heavy (non-hydrogen) atoms. The Bertz CT molecular complexity index is 1100. The molecular weight excluding hydrogens is 438 g/mol. The minimum absolute atomic E-state index is 0.0265. The Morgan fingerprint density at radius 1 is 1.09 bits per heavy atom. The van der Waals surface area contributed by atoms with Gasteiger partial charge in [-0.1, -0.05) is 23.7 Å². The summed E-state index contributed by atoms with van der Waals surface area (Å²) >= 11 is 6.30. The first-order chi connectivity index (χ1) is 15.3. The molecule has 0 radical (unpaired) electrons. The zero-order valence-electron chi connectivity index (χ0n) is 17.6. The summed E-state index contributed by atoms with van der Waals surface area (Å²) in [5, 5.41) is 8.19. The first-order valence-electron chi connectivity index (χ1n) is 9.44. The topological polar surface area (TPSA) is 144 Å². The van der Waals surface area contributed by atoms with Crippen LogP contribution in [0.25, 0.3) is 0 Å². The Morgan fingerprint density at radius 3 is 2.34 bits per heavy atom. The second-order valence-electron chi connectivity index (χ2n) is 6.73. The van der Waals surface area contributed by atoms with Crippen LogP contribution in [0.15, 0.2) is 41.4 Å². The van der Waals surface area contributed by atoms with Crippen LogP contribution in [0.4, 0.5) is 5.69 Å². The summed E-state index contributed by atoms with van der Waals surface area (Å²) in [6.07, 6.45) is 0. The van der Waals surface area contributed by atoms with Crippen molar-refractivity contribution in [3.8, 4) is 11.5 Å². The number of carbonyl (C=O) groups excluding carboxylic acids is 3. The fraction of sp³-hybridized carbons (Fsp3) is 0.238. The van der Waals surface area contributed by atoms with E-state index in [1.54, 1.807) is 30.3 Å². The minimum Gasteiger partial charge on any atom is -0.493 e. The van der Waals surface area contributed by atoms with Crippen molar-refractivity contribution in [2.24, 2.45) is 10.7 Å². The molecule has 1 atom stereocenters. The molecule has 168 valence electrons. The summed E-state index contributed by atoms with van der Waals surface area (Å²) in [6.45, 7) is 0.0575. The predicted molar refractivity (Wildman–Crippen MR) is 119 cm³/mol. The zero-order valence-corrected chi connectivity index (χ0v) is 18.4. The zero-order chi connectivity index (χ0) is 23.5. The van der Waals surface area contributed by atoms with Crippen molar-refractivity contribution in [1.82, 2.24) is 10.6 Å². The summed E-state index contributed by atoms with van der Waals surface area (Å²) < 4.78 is 10.4. The average Bonchev–Trinajstić information content (AvgIpc) is 3.25. The van der Waals surface area contributed by atoms with E-state index in [1.165, 1.54) is 27.3 Å². The number of nitrogens with two attached hydrogens (primary N) is 1. The summed E-state index contributed by atoms with van der Waals surface area (Å²) in [7, 11) is 4.33. The molecule has 0 aliphatic carbocycles. The molecule has 11 heteroatoms. The molecule has 1 aliphatic heterocycles. The highest BCUT2D eigenvalue weighted by atomic mass is 35.5. The molecule has 1 aliphatic rings. The minimum atomic E-state index is -1.57. The lowest BCUT2D eigenvalue weighted by Gasteiger charge is -2.27. The van der Waals surface area contributed by atoms with Crippen molar-refractivity contribution in [3.05, 3.63) is 52.5 Å². The molecule has 0 saturated heterocycles. The van der Waals surface area contributed by atoms with Crippen LogP contribution >= 0.6 is 11.6 Å². The number of rotatable bonds is 7. The largest absolute Gasteiger partial charge is 0.493 e. The number of methoxy groups -OCH3 is 2. The highest BCUT2D eigenvalue weighted by Gasteiger charge is 2.49. The highest BCUT2D eigenvalue weighted by Crippen LogP contribution is 2.37. The Kier molecular flexibility index (Phi) is 6.66. The number of hydrogen-bond acceptors (Lipinski definition) is 7. The molecule has 0 saturated carbocycles. The summed E-state index contributed by atoms with van der Waals surface area (Å²) in [6, 6.07) is 9.40. The quantitative estimate of drug-likeness (QED) is 0.487. The Balaban J connectivity index is 1.88. The summed E-state index contributed by atoms with van der Waals surface area (Å²) in [4.78, 5) is 41.4. The first-order valence-corrected chi connectivity index (χ1v) is 9.82. The second kappa shape index (κ2) is 9.25. The average molecular weight is 460 g/mol. The number of anilines is 1. The molecule has 10 nitrogen and oxygen atoms in total. The summed E-state index contributed by atoms with van der Waals surface area (Å²) in [5.74, 6) is -1.12. The van der Waals surface area contributed by atoms with Gasteiger partial charge >= 0.3 is 0 Å². The van der Waals surface area contributed by atoms with Crippen LogP contribution in [0, 0.1) is 0 Å². The van der Waals surface area contributed by atoms with E-state index in [-0.39, 0.29) is 28.7 Å². The van der Waals surface area contributed by atoms with Crippen LogP contribution in [-0.2, 0) is 15.1 Å². The fourth-order valence-electron chi connectivity index (χ4n) is 3.45. The van der Waals surface area contributed by atoms with Gasteiger partial charge in [0.05, 0.1) is 31.5 Å². The third-order valence-electron chi connectivity index (χ3n) is 5.05. The normalized spacial score (nSPS) is 17.3. The van der Waals surface area contributed by atoms with Crippen molar-refractivity contribution in [2.45, 2.75) is 5.54 Å². The lowest BCUT2D eigenvalue weighted by molar-refractivity contribution is -0.123. The maximum absolute atomic E-state index is 12.7. The Morgan fingerprint density at radius 2 is 1.78 bits per heavy atom. The molecule has 0 bridgehead atoms. The number of nitrogens with zero attached hydrogens (tertiary/aromatic N) is 1. The van der Waals surface area contributed by atoms with E-state index in [1.807, 2.05) is 0 Å². The molecule has 2 aromatic rings. The van der Waals surface area contributed by atoms with Gasteiger partial charge in [-0.15, -0.1) is 0 Å². The molecule has 0 fully saturated rings. The van der Waals surface area contributed by atoms with Crippen LogP contribution in [0.5, 0.6) is 11.5 Å². The van der Waals surface area contributed by atoms with E-state index in [9.17, 15) is 14.4 Å². The molecule has 0 aromatic heterocycles. The van der Waals surface area contributed by atoms with Crippen LogP contribution < -0.4 is 31.2 Å². The van der Waals surface area contributed by atoms with Crippen molar-refractivity contribution < 1.29 is 23.9 Å². The van der Waals surface area contributed by atoms with E-state index >= 15 is 0 Å². The number of benzene rings is 2. The van der Waals surface area contributed by atoms with Crippen LogP contribution in [-0.4, -0.2) is 51.4 Å². The molecule has 1 heterocycles. The molecule has 3 amide bonds. The summed E-state index contributed by atoms with van der Waals surface area (Å²) in [5.41, 5.74) is 5.07. The van der Waals surface area contributed by atoms with Gasteiger partial charge in [-0.3, -0.25) is 24.7 Å². The maximum Gasteiger partial charge on any atom is 0.267 e. The molecule has 1 unspecified atom stereocenters. The van der Waals surface area contributed by atoms with Crippen molar-refractivity contribution in [2.75, 3.05) is 33.3 Å². The number of halogens is 1. The molecule has 3 rings (SSSR count). The lowest BCUT2D eigenvalue weighted by Crippen LogP contribution is -2.58. The number of carbonyl (C=O) groups is 3. The van der Waals surface area contributed by atoms with Crippen LogP contribution in [0.1, 0.15) is 15.9 Å². The van der Waals surface area contributed by atoms with Gasteiger partial charge in [-0.25, -0.2) is 0 Å². The number of aliphatic imine (C=N–C) groups is 1. The first kappa shape index (κ1) is 23.0. The van der Waals surface area contributed by atoms with E-state index in [4.69, 9.17) is 26.8 Å². The number of hydrogen-bond donors (Lipinski definition) is 4. The third kappa shape index (κ3) is 3.85. The number of amides is 3. The van der Waals surface area contributed by atoms with Crippen LogP contribution in [0.2, 0.25) is 5.02 Å². The molecular formula is C21H22ClN5O5. The Hall–Kier alpha value is -3.63. The van der Waals surface area contributed by atoms with Crippen LogP contribution in [0.3, 0.4) is 0 Å². The third-order valence-corrected chi connectivity index (χ3v) is 5.43. The van der Waals surface area contributed by atoms with Crippen molar-refractivity contribution in [1.29, 1.82) is 0 Å². The van der Waals surface area contributed by atoms with Gasteiger partial charge < -0.3 is 25.8 Å². The SMILES string of the molecule is CNC(=O)C1=NCNC1(C(N)=O)c1ccc(NC(=O)c2ccc(OC)c(OC)c2Cl)cc1. The van der Waals surface area contributed by atoms with Crippen molar-refractivity contribution >= 4 is 40.7 Å². The Labute approximate surface area is 189 Å². The van der Waals surface area contributed by atoms with Crippen molar-refractivity contribution in [3.63, 3.8) is 0 Å². The molecule has 0 spiro atoms. The van der Waals surface area contributed by atoms with Gasteiger partial charge in [0.1, 0.15) is 5.71 Å². The van der Waals surface area contributed by atoms with E-state index in [2.05, 4.69) is 20.9 Å². The predicted octanol–water partition coefficient (Wildman–Crippen LogP) is 1.04. The van der Waals surface area contributed by atoms with E-state index < -0.39 is 23.3 Å². The number of nitrogens with one attached hydrogen (secondary N) is 3. The van der Waals surface area contributed by atoms with Gasteiger partial charge in [0.25, 0.3) is 11.8 Å². The smallest absolute Gasteiger partial charge is 0.267 e. The fourth-order valence-corrected chi connectivity index (χ4v) is 3.77. The molecule has 2 aromatic carbocycles. The number of primary amides is 1. The monoisotopic (exact) mass is 459 g/mol. The second-order valence-corrected chi connectivity index (χ2v) is 7.11. The van der Waals surface area contributed by atoms with Gasteiger partial charge in [0.2, 0.25) is 5.91 Å².